The molecule has 38 heavy (non-hydrogen) atoms. The predicted molar refractivity (Wildman–Crippen MR) is 166 cm³/mol. The van der Waals surface area contributed by atoms with Crippen molar-refractivity contribution in [2.45, 2.75) is 18.2 Å². The number of rotatable bonds is 5. The average molecular weight is 554 g/mol. The average Bonchev–Trinajstić information content (AvgIpc) is 3.24. The van der Waals surface area contributed by atoms with Gasteiger partial charge in [0.2, 0.25) is 0 Å². The van der Waals surface area contributed by atoms with Crippen LogP contribution < -0.4 is 0 Å². The second kappa shape index (κ2) is 10.1. The van der Waals surface area contributed by atoms with E-state index in [4.69, 9.17) is 0 Å². The second-order valence-electron chi connectivity index (χ2n) is 10.00. The maximum atomic E-state index is 4.47. The molecule has 5 aromatic rings. The van der Waals surface area contributed by atoms with Crippen LogP contribution in [-0.4, -0.2) is 0 Å². The van der Waals surface area contributed by atoms with Crippen molar-refractivity contribution in [2.75, 3.05) is 0 Å². The lowest BCUT2D eigenvalue weighted by Gasteiger charge is -2.32. The Kier molecular flexibility index (Phi) is 6.47. The van der Waals surface area contributed by atoms with Crippen molar-refractivity contribution in [3.63, 3.8) is 0 Å². The molecule has 0 aliphatic heterocycles. The van der Waals surface area contributed by atoms with Crippen molar-refractivity contribution in [3.8, 4) is 0 Å². The first kappa shape index (κ1) is 24.4. The lowest BCUT2D eigenvalue weighted by Crippen LogP contribution is -2.20. The number of aryl methyl sites for hydroxylation is 2. The molecule has 0 saturated carbocycles. The highest BCUT2D eigenvalue weighted by Gasteiger charge is 2.48. The normalized spacial score (nSPS) is 17.2. The zero-order chi connectivity index (χ0) is 26.1. The van der Waals surface area contributed by atoms with Gasteiger partial charge in [0.15, 0.2) is 0 Å². The fraction of sp³-hybridized carbons (Fsp3) is 0.0811. The van der Waals surface area contributed by atoms with E-state index in [-0.39, 0.29) is 0 Å². The largest absolute Gasteiger partial charge is 0.103 e. The van der Waals surface area contributed by atoms with Gasteiger partial charge in [0.25, 0.3) is 0 Å². The molecule has 1 unspecified atom stereocenters. The molecule has 1 atom stereocenters. The molecule has 0 spiro atoms. The van der Waals surface area contributed by atoms with Crippen LogP contribution in [0.25, 0.3) is 22.3 Å². The van der Waals surface area contributed by atoms with Crippen LogP contribution in [0, 0.1) is 13.8 Å². The molecule has 184 valence electrons. The van der Waals surface area contributed by atoms with Gasteiger partial charge in [-0.3, -0.25) is 0 Å². The van der Waals surface area contributed by atoms with Crippen molar-refractivity contribution in [1.82, 2.24) is 0 Å². The molecule has 0 saturated heterocycles. The van der Waals surface area contributed by atoms with Crippen molar-refractivity contribution in [1.29, 1.82) is 0 Å². The summed E-state index contributed by atoms with van der Waals surface area (Å²) in [6, 6.07) is 50.4. The Bertz CT molecular complexity index is 1630. The molecular formula is C37H29Br. The van der Waals surface area contributed by atoms with E-state index in [9.17, 15) is 0 Å². The predicted octanol–water partition coefficient (Wildman–Crippen LogP) is 10.1. The number of benzene rings is 5. The first-order valence-corrected chi connectivity index (χ1v) is 13.9. The molecule has 6 rings (SSSR count). The zero-order valence-corrected chi connectivity index (χ0v) is 23.2. The number of allylic oxidation sites excluding steroid dienone is 4. The minimum atomic E-state index is -0.563. The highest BCUT2D eigenvalue weighted by atomic mass is 79.9. The SMILES string of the molecule is Cc1cc(C)cc(C2=C(c3ccccc3)C(c3ccccc3)=C(c3ccccc3)C2(Br)c2ccccc2)c1. The minimum Gasteiger partial charge on any atom is -0.0695 e. The van der Waals surface area contributed by atoms with E-state index >= 15 is 0 Å². The summed E-state index contributed by atoms with van der Waals surface area (Å²) in [5.74, 6) is 0. The fourth-order valence-corrected chi connectivity index (χ4v) is 6.99. The third-order valence-electron chi connectivity index (χ3n) is 7.31. The summed E-state index contributed by atoms with van der Waals surface area (Å²) < 4.78 is -0.563. The monoisotopic (exact) mass is 552 g/mol. The molecule has 0 radical (unpaired) electrons. The quantitative estimate of drug-likeness (QED) is 0.190. The van der Waals surface area contributed by atoms with E-state index in [1.807, 2.05) is 0 Å². The molecule has 0 heterocycles. The smallest absolute Gasteiger partial charge is 0.0695 e. The Hall–Kier alpha value is -3.94. The van der Waals surface area contributed by atoms with Gasteiger partial charge < -0.3 is 0 Å². The number of hydrogen-bond donors (Lipinski definition) is 0. The molecule has 1 heteroatoms. The van der Waals surface area contributed by atoms with Crippen LogP contribution in [0.3, 0.4) is 0 Å². The van der Waals surface area contributed by atoms with Crippen LogP contribution in [0.15, 0.2) is 140 Å². The maximum Gasteiger partial charge on any atom is 0.103 e. The molecule has 0 amide bonds. The minimum absolute atomic E-state index is 0.563. The summed E-state index contributed by atoms with van der Waals surface area (Å²) in [5.41, 5.74) is 13.7. The van der Waals surface area contributed by atoms with Gasteiger partial charge in [0.1, 0.15) is 4.32 Å². The third-order valence-corrected chi connectivity index (χ3v) is 8.56. The van der Waals surface area contributed by atoms with Gasteiger partial charge in [0.05, 0.1) is 0 Å². The second-order valence-corrected chi connectivity index (χ2v) is 11.2. The zero-order valence-electron chi connectivity index (χ0n) is 21.7. The molecule has 0 nitrogen and oxygen atoms in total. The Morgan fingerprint density at radius 2 is 0.789 bits per heavy atom. The molecule has 0 aromatic heterocycles. The number of hydrogen-bond acceptors (Lipinski definition) is 0. The van der Waals surface area contributed by atoms with E-state index in [1.165, 1.54) is 61.2 Å². The standard InChI is InChI=1S/C37H29Br/c1-26-23-27(2)25-31(24-26)36-34(29-17-9-4-10-18-29)33(28-15-7-3-8-16-28)35(30-19-11-5-12-20-30)37(36,38)32-21-13-6-14-22-32/h3-25H,1-2H3. The van der Waals surface area contributed by atoms with Crippen LogP contribution >= 0.6 is 15.9 Å². The summed E-state index contributed by atoms with van der Waals surface area (Å²) in [6.07, 6.45) is 0. The van der Waals surface area contributed by atoms with E-state index in [2.05, 4.69) is 169 Å². The number of alkyl halides is 1. The lowest BCUT2D eigenvalue weighted by atomic mass is 9.80. The molecule has 1 aliphatic carbocycles. The topological polar surface area (TPSA) is 0 Å². The Morgan fingerprint density at radius 1 is 0.421 bits per heavy atom. The molecule has 0 N–H and O–H groups in total. The van der Waals surface area contributed by atoms with E-state index in [1.54, 1.807) is 0 Å². The summed E-state index contributed by atoms with van der Waals surface area (Å²) >= 11 is 4.47. The van der Waals surface area contributed by atoms with Gasteiger partial charge in [0, 0.05) is 0 Å². The van der Waals surface area contributed by atoms with E-state index < -0.39 is 4.32 Å². The van der Waals surface area contributed by atoms with E-state index in [0.29, 0.717) is 0 Å². The fourth-order valence-electron chi connectivity index (χ4n) is 5.87. The Balaban J connectivity index is 1.84. The third kappa shape index (κ3) is 4.18. The Morgan fingerprint density at radius 3 is 1.24 bits per heavy atom. The van der Waals surface area contributed by atoms with Crippen molar-refractivity contribution < 1.29 is 0 Å². The summed E-state index contributed by atoms with van der Waals surface area (Å²) in [6.45, 7) is 4.38. The van der Waals surface area contributed by atoms with Crippen molar-refractivity contribution >= 4 is 38.2 Å². The van der Waals surface area contributed by atoms with Gasteiger partial charge in [-0.05, 0) is 64.0 Å². The van der Waals surface area contributed by atoms with Crippen LogP contribution in [0.2, 0.25) is 0 Å². The van der Waals surface area contributed by atoms with Gasteiger partial charge in [-0.2, -0.15) is 0 Å². The summed E-state index contributed by atoms with van der Waals surface area (Å²) in [7, 11) is 0. The molecule has 5 aromatic carbocycles. The summed E-state index contributed by atoms with van der Waals surface area (Å²) in [5, 5.41) is 0. The lowest BCUT2D eigenvalue weighted by molar-refractivity contribution is 1.07. The van der Waals surface area contributed by atoms with Gasteiger partial charge in [-0.25, -0.2) is 0 Å². The Labute approximate surface area is 234 Å². The first-order valence-electron chi connectivity index (χ1n) is 13.1. The number of halogens is 1. The molecule has 0 fully saturated rings. The van der Waals surface area contributed by atoms with Crippen molar-refractivity contribution in [2.24, 2.45) is 0 Å². The van der Waals surface area contributed by atoms with Crippen LogP contribution in [0.4, 0.5) is 0 Å². The van der Waals surface area contributed by atoms with Gasteiger partial charge >= 0.3 is 0 Å². The maximum absolute atomic E-state index is 4.47. The molecule has 0 bridgehead atoms. The van der Waals surface area contributed by atoms with Gasteiger partial charge in [-0.1, -0.05) is 167 Å². The van der Waals surface area contributed by atoms with Gasteiger partial charge in [-0.15, -0.1) is 0 Å². The van der Waals surface area contributed by atoms with Crippen LogP contribution in [-0.2, 0) is 4.32 Å². The molecular weight excluding hydrogens is 524 g/mol. The van der Waals surface area contributed by atoms with Crippen LogP contribution in [0.5, 0.6) is 0 Å². The molecule has 1 aliphatic rings. The van der Waals surface area contributed by atoms with Crippen LogP contribution in [0.1, 0.15) is 38.9 Å². The highest BCUT2D eigenvalue weighted by Crippen LogP contribution is 2.65. The summed E-state index contributed by atoms with van der Waals surface area (Å²) in [4.78, 5) is 0. The highest BCUT2D eigenvalue weighted by molar-refractivity contribution is 9.10. The van der Waals surface area contributed by atoms with Crippen molar-refractivity contribution in [3.05, 3.63) is 178 Å². The first-order chi connectivity index (χ1) is 18.6. The van der Waals surface area contributed by atoms with E-state index in [0.717, 1.165) is 0 Å².